The Morgan fingerprint density at radius 1 is 1.47 bits per heavy atom. The first-order chi connectivity index (χ1) is 7.20. The molecule has 88 valence electrons. The second kappa shape index (κ2) is 6.96. The third-order valence-corrected chi connectivity index (χ3v) is 3.02. The van der Waals surface area contributed by atoms with E-state index in [0.717, 1.165) is 25.6 Å². The van der Waals surface area contributed by atoms with Crippen LogP contribution in [-0.2, 0) is 9.53 Å². The second-order valence-electron chi connectivity index (χ2n) is 4.45. The third-order valence-electron chi connectivity index (χ3n) is 3.02. The van der Waals surface area contributed by atoms with Gasteiger partial charge in [0.2, 0.25) is 0 Å². The van der Waals surface area contributed by atoms with Crippen LogP contribution >= 0.6 is 0 Å². The highest BCUT2D eigenvalue weighted by Gasteiger charge is 2.18. The van der Waals surface area contributed by atoms with Crippen molar-refractivity contribution in [1.29, 1.82) is 0 Å². The van der Waals surface area contributed by atoms with Gasteiger partial charge in [0.15, 0.2) is 0 Å². The van der Waals surface area contributed by atoms with E-state index in [-0.39, 0.29) is 5.78 Å². The zero-order chi connectivity index (χ0) is 11.1. The predicted octanol–water partition coefficient (Wildman–Crippen LogP) is 1.86. The third kappa shape index (κ3) is 5.28. The molecule has 1 atom stereocenters. The number of likely N-dealkylation sites (tertiary alicyclic amines) is 1. The summed E-state index contributed by atoms with van der Waals surface area (Å²) >= 11 is 0. The molecule has 0 aromatic heterocycles. The van der Waals surface area contributed by atoms with E-state index in [1.165, 1.54) is 19.4 Å². The van der Waals surface area contributed by atoms with Gasteiger partial charge in [0.1, 0.15) is 5.78 Å². The number of ketones is 1. The number of carbonyl (C=O) groups excluding carboxylic acids is 1. The van der Waals surface area contributed by atoms with Gasteiger partial charge in [-0.2, -0.15) is 0 Å². The predicted molar refractivity (Wildman–Crippen MR) is 61.0 cm³/mol. The topological polar surface area (TPSA) is 29.5 Å². The molecule has 0 amide bonds. The van der Waals surface area contributed by atoms with Crippen molar-refractivity contribution in [1.82, 2.24) is 4.90 Å². The van der Waals surface area contributed by atoms with Crippen LogP contribution in [0.15, 0.2) is 0 Å². The second-order valence-corrected chi connectivity index (χ2v) is 4.45. The lowest BCUT2D eigenvalue weighted by molar-refractivity contribution is -0.118. The summed E-state index contributed by atoms with van der Waals surface area (Å²) in [5.74, 6) is 0.211. The zero-order valence-electron chi connectivity index (χ0n) is 10.00. The lowest BCUT2D eigenvalue weighted by Crippen LogP contribution is -2.28. The summed E-state index contributed by atoms with van der Waals surface area (Å²) in [6.45, 7) is 7.66. The summed E-state index contributed by atoms with van der Waals surface area (Å²) in [6, 6.07) is 0.752. The number of rotatable bonds is 7. The lowest BCUT2D eigenvalue weighted by Gasteiger charge is -2.20. The fourth-order valence-corrected chi connectivity index (χ4v) is 2.01. The average Bonchev–Trinajstić information content (AvgIpc) is 2.57. The van der Waals surface area contributed by atoms with Gasteiger partial charge in [0.25, 0.3) is 0 Å². The van der Waals surface area contributed by atoms with E-state index in [4.69, 9.17) is 4.74 Å². The quantitative estimate of drug-likeness (QED) is 0.605. The Balaban J connectivity index is 1.90. The summed E-state index contributed by atoms with van der Waals surface area (Å²) in [6.07, 6.45) is 4.32. The number of carbonyl (C=O) groups is 1. The Hall–Kier alpha value is -0.410. The molecule has 0 spiro atoms. The molecule has 1 fully saturated rings. The monoisotopic (exact) mass is 213 g/mol. The van der Waals surface area contributed by atoms with Crippen LogP contribution in [0.2, 0.25) is 0 Å². The van der Waals surface area contributed by atoms with E-state index in [2.05, 4.69) is 11.8 Å². The molecule has 1 saturated heterocycles. The maximum absolute atomic E-state index is 10.6. The van der Waals surface area contributed by atoms with Crippen LogP contribution in [0.25, 0.3) is 0 Å². The van der Waals surface area contributed by atoms with Crippen molar-refractivity contribution in [2.75, 3.05) is 26.3 Å². The van der Waals surface area contributed by atoms with Gasteiger partial charge in [0, 0.05) is 25.6 Å². The van der Waals surface area contributed by atoms with Crippen LogP contribution in [0.1, 0.15) is 39.5 Å². The van der Waals surface area contributed by atoms with Gasteiger partial charge in [-0.3, -0.25) is 4.79 Å². The van der Waals surface area contributed by atoms with Crippen molar-refractivity contribution >= 4 is 5.78 Å². The minimum absolute atomic E-state index is 0.211. The Labute approximate surface area is 92.8 Å². The molecule has 0 aromatic carbocycles. The molecule has 1 heterocycles. The standard InChI is InChI=1S/C12H23NO2/c1-11-5-3-7-13(11)8-4-9-15-10-6-12(2)14/h11H,3-10H2,1-2H3/t11-/m1/s1. The van der Waals surface area contributed by atoms with Gasteiger partial charge in [-0.25, -0.2) is 0 Å². The van der Waals surface area contributed by atoms with Gasteiger partial charge in [-0.1, -0.05) is 0 Å². The number of nitrogens with zero attached hydrogens (tertiary/aromatic N) is 1. The minimum Gasteiger partial charge on any atom is -0.381 e. The smallest absolute Gasteiger partial charge is 0.132 e. The van der Waals surface area contributed by atoms with Crippen LogP contribution in [0.5, 0.6) is 0 Å². The molecule has 15 heavy (non-hydrogen) atoms. The van der Waals surface area contributed by atoms with Crippen LogP contribution in [0, 0.1) is 0 Å². The van der Waals surface area contributed by atoms with Gasteiger partial charge >= 0.3 is 0 Å². The molecule has 0 radical (unpaired) electrons. The molecule has 0 unspecified atom stereocenters. The van der Waals surface area contributed by atoms with E-state index < -0.39 is 0 Å². The Morgan fingerprint density at radius 2 is 2.27 bits per heavy atom. The summed E-state index contributed by atoms with van der Waals surface area (Å²) in [4.78, 5) is 13.2. The average molecular weight is 213 g/mol. The van der Waals surface area contributed by atoms with Crippen molar-refractivity contribution in [3.8, 4) is 0 Å². The van der Waals surface area contributed by atoms with Crippen LogP contribution in [-0.4, -0.2) is 43.0 Å². The Kier molecular flexibility index (Phi) is 5.88. The largest absolute Gasteiger partial charge is 0.381 e. The van der Waals surface area contributed by atoms with Gasteiger partial charge in [0.05, 0.1) is 6.61 Å². The van der Waals surface area contributed by atoms with Crippen LogP contribution < -0.4 is 0 Å². The molecular formula is C12H23NO2. The van der Waals surface area contributed by atoms with E-state index >= 15 is 0 Å². The van der Waals surface area contributed by atoms with Crippen molar-refractivity contribution in [2.24, 2.45) is 0 Å². The molecule has 0 N–H and O–H groups in total. The molecule has 0 aromatic rings. The summed E-state index contributed by atoms with van der Waals surface area (Å²) in [5, 5.41) is 0. The highest BCUT2D eigenvalue weighted by Crippen LogP contribution is 2.15. The first-order valence-electron chi connectivity index (χ1n) is 6.01. The maximum Gasteiger partial charge on any atom is 0.132 e. The highest BCUT2D eigenvalue weighted by molar-refractivity contribution is 5.75. The maximum atomic E-state index is 10.6. The van der Waals surface area contributed by atoms with E-state index in [1.807, 2.05) is 0 Å². The molecule has 0 aliphatic carbocycles. The van der Waals surface area contributed by atoms with Gasteiger partial charge in [-0.05, 0) is 39.7 Å². The fourth-order valence-electron chi connectivity index (χ4n) is 2.01. The molecule has 1 aliphatic heterocycles. The Bertz CT molecular complexity index is 194. The van der Waals surface area contributed by atoms with Gasteiger partial charge in [-0.15, -0.1) is 0 Å². The fraction of sp³-hybridized carbons (Fsp3) is 0.917. The first kappa shape index (κ1) is 12.7. The number of hydrogen-bond acceptors (Lipinski definition) is 3. The summed E-state index contributed by atoms with van der Waals surface area (Å²) in [7, 11) is 0. The molecule has 1 rings (SSSR count). The molecule has 0 bridgehead atoms. The highest BCUT2D eigenvalue weighted by atomic mass is 16.5. The van der Waals surface area contributed by atoms with Crippen molar-refractivity contribution in [2.45, 2.75) is 45.6 Å². The minimum atomic E-state index is 0.211. The lowest BCUT2D eigenvalue weighted by atomic mass is 10.2. The van der Waals surface area contributed by atoms with Crippen molar-refractivity contribution in [3.63, 3.8) is 0 Å². The first-order valence-corrected chi connectivity index (χ1v) is 6.01. The van der Waals surface area contributed by atoms with Crippen LogP contribution in [0.4, 0.5) is 0 Å². The molecule has 3 nitrogen and oxygen atoms in total. The van der Waals surface area contributed by atoms with E-state index in [9.17, 15) is 4.79 Å². The van der Waals surface area contributed by atoms with Crippen molar-refractivity contribution in [3.05, 3.63) is 0 Å². The van der Waals surface area contributed by atoms with Crippen molar-refractivity contribution < 1.29 is 9.53 Å². The number of ether oxygens (including phenoxy) is 1. The Morgan fingerprint density at radius 3 is 2.87 bits per heavy atom. The summed E-state index contributed by atoms with van der Waals surface area (Å²) in [5.41, 5.74) is 0. The number of Topliss-reactive ketones (excluding diaryl/α,β-unsaturated/α-hetero) is 1. The molecule has 0 saturated carbocycles. The number of hydrogen-bond donors (Lipinski definition) is 0. The SMILES string of the molecule is CC(=O)CCOCCCN1CCC[C@H]1C. The van der Waals surface area contributed by atoms with E-state index in [0.29, 0.717) is 13.0 Å². The summed E-state index contributed by atoms with van der Waals surface area (Å²) < 4.78 is 5.39. The normalized spacial score (nSPS) is 22.1. The molecular weight excluding hydrogens is 190 g/mol. The molecule has 1 aliphatic rings. The van der Waals surface area contributed by atoms with Crippen LogP contribution in [0.3, 0.4) is 0 Å². The van der Waals surface area contributed by atoms with Gasteiger partial charge < -0.3 is 9.64 Å². The van der Waals surface area contributed by atoms with E-state index in [1.54, 1.807) is 6.92 Å². The zero-order valence-corrected chi connectivity index (χ0v) is 10.00. The molecule has 3 heteroatoms.